The van der Waals surface area contributed by atoms with Crippen LogP contribution in [-0.4, -0.2) is 25.8 Å². The second-order valence-corrected chi connectivity index (χ2v) is 5.23. The molecule has 0 aliphatic rings. The van der Waals surface area contributed by atoms with Crippen LogP contribution in [0.4, 0.5) is 5.82 Å². The molecule has 110 valence electrons. The summed E-state index contributed by atoms with van der Waals surface area (Å²) in [6, 6.07) is 4.96. The predicted octanol–water partition coefficient (Wildman–Crippen LogP) is 1.51. The summed E-state index contributed by atoms with van der Waals surface area (Å²) in [4.78, 5) is 28.5. The van der Waals surface area contributed by atoms with Crippen LogP contribution >= 0.6 is 11.3 Å². The Hall–Kier alpha value is -2.87. The molecule has 3 aromatic heterocycles. The molecular formula is C14H12N6OS. The summed E-state index contributed by atoms with van der Waals surface area (Å²) >= 11 is 1.44. The first-order valence-corrected chi connectivity index (χ1v) is 7.32. The minimum absolute atomic E-state index is 0.224. The average Bonchev–Trinajstić information content (AvgIpc) is 3.03. The first kappa shape index (κ1) is 14.1. The number of pyridine rings is 1. The molecule has 3 heterocycles. The quantitative estimate of drug-likeness (QED) is 0.756. The van der Waals surface area contributed by atoms with Gasteiger partial charge in [-0.2, -0.15) is 0 Å². The third-order valence-electron chi connectivity index (χ3n) is 2.79. The fraction of sp³-hybridized carbons (Fsp3) is 0.0714. The molecule has 1 amide bonds. The number of amides is 1. The van der Waals surface area contributed by atoms with Crippen LogP contribution in [0.15, 0.2) is 42.2 Å². The van der Waals surface area contributed by atoms with Gasteiger partial charge in [-0.05, 0) is 18.2 Å². The van der Waals surface area contributed by atoms with E-state index < -0.39 is 0 Å². The molecule has 0 saturated heterocycles. The lowest BCUT2D eigenvalue weighted by molar-refractivity contribution is 0.0950. The van der Waals surface area contributed by atoms with Crippen LogP contribution in [0.1, 0.15) is 16.1 Å². The van der Waals surface area contributed by atoms with Crippen LogP contribution in [0.25, 0.3) is 10.8 Å². The number of aromatic nitrogens is 4. The van der Waals surface area contributed by atoms with Crippen LogP contribution in [-0.2, 0) is 6.54 Å². The molecule has 0 bridgehead atoms. The van der Waals surface area contributed by atoms with Gasteiger partial charge in [0, 0.05) is 24.0 Å². The Morgan fingerprint density at radius 2 is 2.05 bits per heavy atom. The number of hydrogen-bond donors (Lipinski definition) is 2. The second-order valence-electron chi connectivity index (χ2n) is 4.37. The third-order valence-corrected chi connectivity index (χ3v) is 3.67. The Morgan fingerprint density at radius 3 is 2.77 bits per heavy atom. The van der Waals surface area contributed by atoms with Gasteiger partial charge < -0.3 is 11.1 Å². The van der Waals surface area contributed by atoms with E-state index in [1.54, 1.807) is 30.6 Å². The number of hydrogen-bond acceptors (Lipinski definition) is 7. The topological polar surface area (TPSA) is 107 Å². The molecule has 0 spiro atoms. The van der Waals surface area contributed by atoms with E-state index in [2.05, 4.69) is 25.3 Å². The maximum absolute atomic E-state index is 12.0. The van der Waals surface area contributed by atoms with E-state index in [1.165, 1.54) is 17.5 Å². The van der Waals surface area contributed by atoms with Crippen molar-refractivity contribution in [3.05, 3.63) is 53.4 Å². The molecule has 0 aliphatic heterocycles. The van der Waals surface area contributed by atoms with Gasteiger partial charge in [-0.3, -0.25) is 4.79 Å². The molecule has 0 saturated carbocycles. The summed E-state index contributed by atoms with van der Waals surface area (Å²) in [6.07, 6.45) is 4.77. The van der Waals surface area contributed by atoms with Gasteiger partial charge in [-0.15, -0.1) is 11.3 Å². The molecule has 7 nitrogen and oxygen atoms in total. The molecule has 22 heavy (non-hydrogen) atoms. The minimum Gasteiger partial charge on any atom is -0.384 e. The van der Waals surface area contributed by atoms with Gasteiger partial charge >= 0.3 is 0 Å². The van der Waals surface area contributed by atoms with E-state index in [-0.39, 0.29) is 5.91 Å². The lowest BCUT2D eigenvalue weighted by Gasteiger charge is -2.03. The van der Waals surface area contributed by atoms with Gasteiger partial charge in [0.1, 0.15) is 5.82 Å². The molecule has 8 heteroatoms. The fourth-order valence-corrected chi connectivity index (χ4v) is 2.48. The van der Waals surface area contributed by atoms with E-state index in [9.17, 15) is 4.79 Å². The Morgan fingerprint density at radius 1 is 1.23 bits per heavy atom. The van der Waals surface area contributed by atoms with E-state index in [4.69, 9.17) is 5.73 Å². The van der Waals surface area contributed by atoms with Crippen molar-refractivity contribution in [1.82, 2.24) is 25.3 Å². The summed E-state index contributed by atoms with van der Waals surface area (Å²) < 4.78 is 0. The number of nitrogens with one attached hydrogen (secondary N) is 1. The number of rotatable bonds is 4. The SMILES string of the molecule is Nc1ccc(C(=O)NCc2csc(-c3ncccn3)n2)cn1. The highest BCUT2D eigenvalue weighted by atomic mass is 32.1. The third kappa shape index (κ3) is 3.23. The maximum atomic E-state index is 12.0. The molecule has 0 atom stereocenters. The Kier molecular flexibility index (Phi) is 4.01. The largest absolute Gasteiger partial charge is 0.384 e. The molecule has 0 aromatic carbocycles. The molecule has 0 fully saturated rings. The second kappa shape index (κ2) is 6.27. The zero-order chi connectivity index (χ0) is 15.4. The van der Waals surface area contributed by atoms with Gasteiger partial charge in [-0.1, -0.05) is 0 Å². The lowest BCUT2D eigenvalue weighted by Crippen LogP contribution is -2.23. The normalized spacial score (nSPS) is 10.4. The first-order valence-electron chi connectivity index (χ1n) is 6.44. The zero-order valence-corrected chi connectivity index (χ0v) is 12.2. The van der Waals surface area contributed by atoms with E-state index >= 15 is 0 Å². The van der Waals surface area contributed by atoms with Crippen molar-refractivity contribution in [3.63, 3.8) is 0 Å². The summed E-state index contributed by atoms with van der Waals surface area (Å²) in [5.41, 5.74) is 6.70. The van der Waals surface area contributed by atoms with Crippen LogP contribution in [0.2, 0.25) is 0 Å². The molecule has 0 unspecified atom stereocenters. The highest BCUT2D eigenvalue weighted by Crippen LogP contribution is 2.19. The molecule has 3 aromatic rings. The number of thiazole rings is 1. The van der Waals surface area contributed by atoms with Crippen molar-refractivity contribution in [2.45, 2.75) is 6.54 Å². The summed E-state index contributed by atoms with van der Waals surface area (Å²) in [5.74, 6) is 0.731. The van der Waals surface area contributed by atoms with E-state index in [0.717, 1.165) is 10.7 Å². The smallest absolute Gasteiger partial charge is 0.253 e. The number of anilines is 1. The van der Waals surface area contributed by atoms with Crippen molar-refractivity contribution in [2.24, 2.45) is 0 Å². The van der Waals surface area contributed by atoms with Crippen molar-refractivity contribution < 1.29 is 4.79 Å². The number of nitrogen functional groups attached to an aromatic ring is 1. The minimum atomic E-state index is -0.224. The van der Waals surface area contributed by atoms with Crippen molar-refractivity contribution >= 4 is 23.1 Å². The summed E-state index contributed by atoms with van der Waals surface area (Å²) in [6.45, 7) is 0.326. The standard InChI is InChI=1S/C14H12N6OS/c15-11-3-2-9(6-18-11)13(21)19-7-10-8-22-14(20-10)12-16-4-1-5-17-12/h1-6,8H,7H2,(H2,15,18)(H,19,21). The van der Waals surface area contributed by atoms with Crippen LogP contribution in [0.3, 0.4) is 0 Å². The Labute approximate surface area is 130 Å². The number of nitrogens with zero attached hydrogens (tertiary/aromatic N) is 4. The monoisotopic (exact) mass is 312 g/mol. The van der Waals surface area contributed by atoms with Crippen molar-refractivity contribution in [1.29, 1.82) is 0 Å². The van der Waals surface area contributed by atoms with Crippen LogP contribution < -0.4 is 11.1 Å². The molecule has 0 aliphatic carbocycles. The molecule has 3 rings (SSSR count). The fourth-order valence-electron chi connectivity index (χ4n) is 1.71. The van der Waals surface area contributed by atoms with Gasteiger partial charge in [-0.25, -0.2) is 19.9 Å². The lowest BCUT2D eigenvalue weighted by atomic mass is 10.2. The predicted molar refractivity (Wildman–Crippen MR) is 83.0 cm³/mol. The number of nitrogens with two attached hydrogens (primary N) is 1. The maximum Gasteiger partial charge on any atom is 0.253 e. The molecule has 0 radical (unpaired) electrons. The van der Waals surface area contributed by atoms with Gasteiger partial charge in [0.15, 0.2) is 10.8 Å². The Balaban J connectivity index is 1.64. The van der Waals surface area contributed by atoms with Crippen molar-refractivity contribution in [3.8, 4) is 10.8 Å². The highest BCUT2D eigenvalue weighted by Gasteiger charge is 2.09. The van der Waals surface area contributed by atoms with Gasteiger partial charge in [0.2, 0.25) is 0 Å². The Bertz CT molecular complexity index is 772. The number of carbonyl (C=O) groups is 1. The first-order chi connectivity index (χ1) is 10.7. The van der Waals surface area contributed by atoms with Crippen LogP contribution in [0, 0.1) is 0 Å². The molecule has 3 N–H and O–H groups in total. The summed E-state index contributed by atoms with van der Waals surface area (Å²) in [7, 11) is 0. The van der Waals surface area contributed by atoms with E-state index in [0.29, 0.717) is 23.8 Å². The van der Waals surface area contributed by atoms with Gasteiger partial charge in [0.25, 0.3) is 5.91 Å². The van der Waals surface area contributed by atoms with Gasteiger partial charge in [0.05, 0.1) is 17.8 Å². The molecular weight excluding hydrogens is 300 g/mol. The highest BCUT2D eigenvalue weighted by molar-refractivity contribution is 7.13. The number of carbonyl (C=O) groups excluding carboxylic acids is 1. The summed E-state index contributed by atoms with van der Waals surface area (Å²) in [5, 5.41) is 5.37. The van der Waals surface area contributed by atoms with E-state index in [1.807, 2.05) is 5.38 Å². The van der Waals surface area contributed by atoms with Crippen LogP contribution in [0.5, 0.6) is 0 Å². The van der Waals surface area contributed by atoms with Crippen molar-refractivity contribution in [2.75, 3.05) is 5.73 Å². The average molecular weight is 312 g/mol. The zero-order valence-electron chi connectivity index (χ0n) is 11.4.